The Morgan fingerprint density at radius 3 is 1.32 bits per heavy atom. The molecule has 1 nitrogen and oxygen atoms in total. The summed E-state index contributed by atoms with van der Waals surface area (Å²) in [6.07, 6.45) is 0. The number of hydrogen-bond donors (Lipinski definition) is 0. The normalized spacial score (nSPS) is 11.2. The first-order valence-corrected chi connectivity index (χ1v) is 19.6. The molecule has 0 N–H and O–H groups in total. The summed E-state index contributed by atoms with van der Waals surface area (Å²) in [5, 5.41) is 4.86. The van der Waals surface area contributed by atoms with Crippen LogP contribution in [0.4, 0.5) is 17.1 Å². The summed E-state index contributed by atoms with van der Waals surface area (Å²) < 4.78 is 0. The van der Waals surface area contributed by atoms with Crippen molar-refractivity contribution in [2.75, 3.05) is 4.90 Å². The molecule has 0 unspecified atom stereocenters. The maximum atomic E-state index is 2.47. The monoisotopic (exact) mass is 725 g/mol. The van der Waals surface area contributed by atoms with Crippen molar-refractivity contribution in [3.8, 4) is 55.6 Å². The van der Waals surface area contributed by atoms with Crippen molar-refractivity contribution in [1.29, 1.82) is 0 Å². The van der Waals surface area contributed by atoms with E-state index in [0.717, 1.165) is 17.1 Å². The Labute approximate surface area is 334 Å². The maximum absolute atomic E-state index is 2.47. The van der Waals surface area contributed by atoms with E-state index in [1.54, 1.807) is 0 Å². The fourth-order valence-electron chi connectivity index (χ4n) is 8.32. The second kappa shape index (κ2) is 15.0. The van der Waals surface area contributed by atoms with Gasteiger partial charge in [0.1, 0.15) is 0 Å². The zero-order valence-corrected chi connectivity index (χ0v) is 31.5. The van der Waals surface area contributed by atoms with Gasteiger partial charge in [-0.2, -0.15) is 0 Å². The number of fused-ring (bicyclic) bond motifs is 3. The molecule has 0 spiro atoms. The van der Waals surface area contributed by atoms with Crippen molar-refractivity contribution in [3.05, 3.63) is 237 Å². The lowest BCUT2D eigenvalue weighted by molar-refractivity contribution is 1.30. The van der Waals surface area contributed by atoms with E-state index in [1.165, 1.54) is 77.2 Å². The van der Waals surface area contributed by atoms with Gasteiger partial charge in [0, 0.05) is 16.6 Å². The van der Waals surface area contributed by atoms with Crippen LogP contribution in [0.15, 0.2) is 237 Å². The molecule has 0 heterocycles. The second-order valence-corrected chi connectivity index (χ2v) is 14.5. The van der Waals surface area contributed by atoms with Crippen LogP contribution in [0, 0.1) is 0 Å². The lowest BCUT2D eigenvalue weighted by Gasteiger charge is -2.30. The molecule has 0 atom stereocenters. The third kappa shape index (κ3) is 6.56. The molecule has 0 aliphatic rings. The first kappa shape index (κ1) is 34.0. The minimum atomic E-state index is 1.10. The van der Waals surface area contributed by atoms with E-state index in [0.29, 0.717) is 0 Å². The molecule has 10 aromatic carbocycles. The fraction of sp³-hybridized carbons (Fsp3) is 0. The van der Waals surface area contributed by atoms with Crippen molar-refractivity contribution in [2.24, 2.45) is 0 Å². The van der Waals surface area contributed by atoms with E-state index in [4.69, 9.17) is 0 Å². The Morgan fingerprint density at radius 1 is 0.211 bits per heavy atom. The minimum absolute atomic E-state index is 1.10. The molecule has 0 aromatic heterocycles. The molecule has 10 aromatic rings. The lowest BCUT2D eigenvalue weighted by atomic mass is 9.91. The van der Waals surface area contributed by atoms with Gasteiger partial charge in [-0.05, 0) is 103 Å². The van der Waals surface area contributed by atoms with Gasteiger partial charge in [-0.3, -0.25) is 0 Å². The van der Waals surface area contributed by atoms with E-state index in [1.807, 2.05) is 0 Å². The highest BCUT2D eigenvalue weighted by Crippen LogP contribution is 2.47. The topological polar surface area (TPSA) is 3.24 Å². The van der Waals surface area contributed by atoms with Crippen LogP contribution in [0.2, 0.25) is 0 Å². The van der Waals surface area contributed by atoms with Gasteiger partial charge in [0.25, 0.3) is 0 Å². The Kier molecular flexibility index (Phi) is 8.95. The molecule has 0 saturated heterocycles. The number of rotatable bonds is 8. The first-order valence-electron chi connectivity index (χ1n) is 19.6. The summed E-state index contributed by atoms with van der Waals surface area (Å²) in [6.45, 7) is 0. The van der Waals surface area contributed by atoms with Crippen molar-refractivity contribution >= 4 is 38.6 Å². The molecule has 10 rings (SSSR count). The van der Waals surface area contributed by atoms with Crippen LogP contribution in [0.5, 0.6) is 0 Å². The molecule has 0 radical (unpaired) electrons. The molecule has 1 heteroatoms. The zero-order chi connectivity index (χ0) is 38.0. The molecule has 0 amide bonds. The van der Waals surface area contributed by atoms with Crippen LogP contribution >= 0.6 is 0 Å². The van der Waals surface area contributed by atoms with Crippen molar-refractivity contribution in [3.63, 3.8) is 0 Å². The summed E-state index contributed by atoms with van der Waals surface area (Å²) in [5.41, 5.74) is 15.3. The Bertz CT molecular complexity index is 3000. The summed E-state index contributed by atoms with van der Waals surface area (Å²) in [4.78, 5) is 2.47. The number of hydrogen-bond acceptors (Lipinski definition) is 1. The molecule has 0 aliphatic heterocycles. The van der Waals surface area contributed by atoms with Gasteiger partial charge < -0.3 is 4.90 Å². The van der Waals surface area contributed by atoms with Crippen molar-refractivity contribution in [1.82, 2.24) is 0 Å². The molecular weight excluding hydrogens is 687 g/mol. The Morgan fingerprint density at radius 2 is 0.632 bits per heavy atom. The molecule has 57 heavy (non-hydrogen) atoms. The van der Waals surface area contributed by atoms with E-state index in [9.17, 15) is 0 Å². The minimum Gasteiger partial charge on any atom is -0.309 e. The standard InChI is InChI=1S/C56H39N/c1-4-18-40(19-5-1)43-24-14-25-44(36-43)45-26-15-28-47(37-45)49-33-17-34-52-51-31-10-11-32-53(51)56(39-54(49)52)57(48-29-16-27-46(38-48)41-20-6-2-7-21-41)55-35-13-12-30-50(55)42-22-8-3-9-23-42/h1-39H. The smallest absolute Gasteiger partial charge is 0.0546 e. The summed E-state index contributed by atoms with van der Waals surface area (Å²) in [5.74, 6) is 0. The molecule has 0 bridgehead atoms. The molecule has 0 fully saturated rings. The van der Waals surface area contributed by atoms with E-state index in [-0.39, 0.29) is 0 Å². The van der Waals surface area contributed by atoms with Crippen LogP contribution in [0.25, 0.3) is 77.2 Å². The fourth-order valence-corrected chi connectivity index (χ4v) is 8.32. The molecule has 268 valence electrons. The average Bonchev–Trinajstić information content (AvgIpc) is 3.30. The van der Waals surface area contributed by atoms with Crippen LogP contribution in [-0.2, 0) is 0 Å². The SMILES string of the molecule is c1ccc(-c2cccc(-c3cccc(-c4cccc5c4cc(N(c4cccc(-c6ccccc6)c4)c4ccccc4-c4ccccc4)c4ccccc45)c3)c2)cc1. The molecule has 0 saturated carbocycles. The third-order valence-electron chi connectivity index (χ3n) is 11.0. The summed E-state index contributed by atoms with van der Waals surface area (Å²) >= 11 is 0. The predicted molar refractivity (Wildman–Crippen MR) is 243 cm³/mol. The number of nitrogens with zero attached hydrogens (tertiary/aromatic N) is 1. The van der Waals surface area contributed by atoms with Crippen LogP contribution in [0.1, 0.15) is 0 Å². The molecule has 0 aliphatic carbocycles. The predicted octanol–water partition coefficient (Wildman–Crippen LogP) is 15.8. The van der Waals surface area contributed by atoms with Crippen LogP contribution in [-0.4, -0.2) is 0 Å². The van der Waals surface area contributed by atoms with Crippen LogP contribution < -0.4 is 4.90 Å². The van der Waals surface area contributed by atoms with Gasteiger partial charge in [-0.25, -0.2) is 0 Å². The Balaban J connectivity index is 1.20. The zero-order valence-electron chi connectivity index (χ0n) is 31.5. The van der Waals surface area contributed by atoms with Gasteiger partial charge in [0.2, 0.25) is 0 Å². The van der Waals surface area contributed by atoms with Crippen molar-refractivity contribution < 1.29 is 0 Å². The highest BCUT2D eigenvalue weighted by atomic mass is 15.1. The van der Waals surface area contributed by atoms with Crippen LogP contribution in [0.3, 0.4) is 0 Å². The third-order valence-corrected chi connectivity index (χ3v) is 11.0. The average molecular weight is 726 g/mol. The quantitative estimate of drug-likeness (QED) is 0.141. The summed E-state index contributed by atoms with van der Waals surface area (Å²) in [7, 11) is 0. The van der Waals surface area contributed by atoms with E-state index >= 15 is 0 Å². The largest absolute Gasteiger partial charge is 0.309 e. The highest BCUT2D eigenvalue weighted by Gasteiger charge is 2.22. The van der Waals surface area contributed by atoms with Gasteiger partial charge in [0.15, 0.2) is 0 Å². The number of benzene rings is 10. The molecular formula is C56H39N. The van der Waals surface area contributed by atoms with Gasteiger partial charge in [-0.1, -0.05) is 200 Å². The highest BCUT2D eigenvalue weighted by molar-refractivity contribution is 6.18. The Hall–Kier alpha value is -7.48. The lowest BCUT2D eigenvalue weighted by Crippen LogP contribution is -2.12. The van der Waals surface area contributed by atoms with Gasteiger partial charge in [0.05, 0.1) is 11.4 Å². The van der Waals surface area contributed by atoms with E-state index < -0.39 is 0 Å². The van der Waals surface area contributed by atoms with Gasteiger partial charge >= 0.3 is 0 Å². The second-order valence-electron chi connectivity index (χ2n) is 14.5. The number of para-hydroxylation sites is 1. The number of anilines is 3. The summed E-state index contributed by atoms with van der Waals surface area (Å²) in [6, 6.07) is 85.7. The maximum Gasteiger partial charge on any atom is 0.0546 e. The first-order chi connectivity index (χ1) is 28.3. The van der Waals surface area contributed by atoms with E-state index in [2.05, 4.69) is 241 Å². The van der Waals surface area contributed by atoms with Gasteiger partial charge in [-0.15, -0.1) is 0 Å². The van der Waals surface area contributed by atoms with Crippen molar-refractivity contribution in [2.45, 2.75) is 0 Å².